The molecule has 1 aliphatic rings. The van der Waals surface area contributed by atoms with Gasteiger partial charge in [0.15, 0.2) is 0 Å². The van der Waals surface area contributed by atoms with Crippen molar-refractivity contribution in [2.45, 2.75) is 56.2 Å². The van der Waals surface area contributed by atoms with Crippen molar-refractivity contribution in [2.75, 3.05) is 6.61 Å². The minimum atomic E-state index is 0.0755. The molecule has 0 aromatic rings. The molecule has 1 saturated heterocycles. The van der Waals surface area contributed by atoms with Crippen LogP contribution < -0.4 is 0 Å². The monoisotopic (exact) mass is 198 g/mol. The predicted molar refractivity (Wildman–Crippen MR) is 59.6 cm³/mol. The van der Waals surface area contributed by atoms with Crippen LogP contribution in [-0.2, 0) is 4.74 Å². The molecule has 1 nitrogen and oxygen atoms in total. The summed E-state index contributed by atoms with van der Waals surface area (Å²) >= 11 is 0.0755. The van der Waals surface area contributed by atoms with Crippen LogP contribution in [0, 0.1) is 5.92 Å². The Hall–Kier alpha value is 0.492. The van der Waals surface area contributed by atoms with Crippen molar-refractivity contribution in [3.05, 3.63) is 0 Å². The summed E-state index contributed by atoms with van der Waals surface area (Å²) < 4.78 is 5.77. The summed E-state index contributed by atoms with van der Waals surface area (Å²) in [4.78, 5) is 0.730. The van der Waals surface area contributed by atoms with Gasteiger partial charge in [0.25, 0.3) is 15.2 Å². The summed E-state index contributed by atoms with van der Waals surface area (Å²) in [5.41, 5.74) is 0. The maximum Gasteiger partial charge on any atom is 0.282 e. The number of rotatable bonds is 5. The van der Waals surface area contributed by atoms with Gasteiger partial charge in [0.05, 0.1) is 0 Å². The van der Waals surface area contributed by atoms with Gasteiger partial charge < -0.3 is 4.74 Å². The Morgan fingerprint density at radius 2 is 2.31 bits per heavy atom. The van der Waals surface area contributed by atoms with E-state index in [4.69, 9.17) is 4.74 Å². The van der Waals surface area contributed by atoms with Crippen molar-refractivity contribution >= 4 is 15.2 Å². The first kappa shape index (κ1) is 11.6. The van der Waals surface area contributed by atoms with E-state index in [1.807, 2.05) is 0 Å². The summed E-state index contributed by atoms with van der Waals surface area (Å²) in [5, 5.41) is 1.50. The van der Waals surface area contributed by atoms with Crippen molar-refractivity contribution in [1.29, 1.82) is 0 Å². The molecule has 2 heteroatoms. The maximum absolute atomic E-state index is 5.77. The Bertz CT molecular complexity index is 121. The average Bonchev–Trinajstić information content (AvgIpc) is 2.17. The summed E-state index contributed by atoms with van der Waals surface area (Å²) in [6.07, 6.45) is 6.85. The second-order valence-corrected chi connectivity index (χ2v) is 6.53. The largest absolute Gasteiger partial charge is 0.394 e. The second-order valence-electron chi connectivity index (χ2n) is 4.46. The first-order valence-electron chi connectivity index (χ1n) is 5.94. The van der Waals surface area contributed by atoms with Crippen molar-refractivity contribution in [3.8, 4) is 0 Å². The zero-order valence-corrected chi connectivity index (χ0v) is 10.6. The van der Waals surface area contributed by atoms with Crippen LogP contribution in [0.15, 0.2) is 0 Å². The van der Waals surface area contributed by atoms with Crippen LogP contribution in [-0.4, -0.2) is 26.8 Å². The van der Waals surface area contributed by atoms with E-state index in [0.29, 0.717) is 0 Å². The normalized spacial score (nSPS) is 25.5. The maximum atomic E-state index is 5.77. The van der Waals surface area contributed by atoms with Gasteiger partial charge in [-0.2, -0.15) is 0 Å². The van der Waals surface area contributed by atoms with Crippen LogP contribution in [0.3, 0.4) is 0 Å². The van der Waals surface area contributed by atoms with Gasteiger partial charge in [-0.1, -0.05) is 37.9 Å². The Kier molecular flexibility index (Phi) is 6.12. The van der Waals surface area contributed by atoms with Crippen LogP contribution in [0.2, 0.25) is 5.28 Å². The zero-order valence-electron chi connectivity index (χ0n) is 9.22. The molecule has 0 bridgehead atoms. The van der Waals surface area contributed by atoms with Crippen molar-refractivity contribution in [3.63, 3.8) is 0 Å². The Morgan fingerprint density at radius 1 is 1.46 bits per heavy atom. The third kappa shape index (κ3) is 5.06. The second kappa shape index (κ2) is 6.87. The lowest BCUT2D eigenvalue weighted by atomic mass is 10.1. The predicted octanol–water partition coefficient (Wildman–Crippen LogP) is 2.80. The Morgan fingerprint density at radius 3 is 2.92 bits per heavy atom. The summed E-state index contributed by atoms with van der Waals surface area (Å²) in [6, 6.07) is 0. The molecule has 1 fully saturated rings. The van der Waals surface area contributed by atoms with Gasteiger partial charge in [-0.15, -0.1) is 0 Å². The van der Waals surface area contributed by atoms with E-state index in [0.717, 1.165) is 17.5 Å². The lowest BCUT2D eigenvalue weighted by Gasteiger charge is -2.22. The smallest absolute Gasteiger partial charge is 0.282 e. The lowest BCUT2D eigenvalue weighted by molar-refractivity contribution is 0.0647. The molecule has 0 N–H and O–H groups in total. The van der Waals surface area contributed by atoms with Crippen LogP contribution in [0.25, 0.3) is 0 Å². The third-order valence-corrected chi connectivity index (χ3v) is 5.64. The third-order valence-electron chi connectivity index (χ3n) is 3.04. The summed E-state index contributed by atoms with van der Waals surface area (Å²) in [6.45, 7) is 5.73. The van der Waals surface area contributed by atoms with E-state index in [2.05, 4.69) is 13.8 Å². The highest BCUT2D eigenvalue weighted by Crippen LogP contribution is 2.16. The summed E-state index contributed by atoms with van der Waals surface area (Å²) in [7, 11) is 0. The molecule has 0 spiro atoms. The average molecular weight is 198 g/mol. The topological polar surface area (TPSA) is 9.23 Å². The standard InChI is InChI=1S/C6H13.C5H9O.Al.H/c1-4-5-6(2)3;1-2-4-6-5-3-1;;/h6H,2,4-5H2,1,3H3;4H,1-3,5H2;;. The van der Waals surface area contributed by atoms with Crippen molar-refractivity contribution in [1.82, 2.24) is 0 Å². The molecule has 0 aliphatic carbocycles. The molecule has 2 unspecified atom stereocenters. The zero-order chi connectivity index (χ0) is 9.52. The van der Waals surface area contributed by atoms with Gasteiger partial charge in [0.1, 0.15) is 0 Å². The number of hydrogen-bond acceptors (Lipinski definition) is 1. The van der Waals surface area contributed by atoms with E-state index in [9.17, 15) is 0 Å². The Balaban J connectivity index is 2.03. The molecule has 1 aliphatic heterocycles. The molecule has 13 heavy (non-hydrogen) atoms. The van der Waals surface area contributed by atoms with E-state index in [1.54, 1.807) is 0 Å². The van der Waals surface area contributed by atoms with Crippen LogP contribution in [0.1, 0.15) is 46.0 Å². The fourth-order valence-electron chi connectivity index (χ4n) is 2.14. The highest BCUT2D eigenvalue weighted by Gasteiger charge is 2.16. The SMILES string of the molecule is CCCC(C)[CH2][AlH][CH]1CCCCO1. The molecule has 0 amide bonds. The van der Waals surface area contributed by atoms with E-state index < -0.39 is 0 Å². The van der Waals surface area contributed by atoms with Gasteiger partial charge in [0.2, 0.25) is 0 Å². The van der Waals surface area contributed by atoms with Gasteiger partial charge >= 0.3 is 0 Å². The molecule has 1 heterocycles. The number of hydrogen-bond donors (Lipinski definition) is 0. The molecule has 2 atom stereocenters. The molecular formula is C11H23AlO. The minimum absolute atomic E-state index is 0.0755. The van der Waals surface area contributed by atoms with Gasteiger partial charge in [-0.25, -0.2) is 0 Å². The van der Waals surface area contributed by atoms with Crippen LogP contribution in [0.5, 0.6) is 0 Å². The van der Waals surface area contributed by atoms with Crippen LogP contribution in [0.4, 0.5) is 0 Å². The number of ether oxygens (including phenoxy) is 1. The van der Waals surface area contributed by atoms with Gasteiger partial charge in [-0.05, 0) is 19.3 Å². The first-order valence-corrected chi connectivity index (χ1v) is 7.76. The van der Waals surface area contributed by atoms with Crippen molar-refractivity contribution in [2.24, 2.45) is 5.92 Å². The molecule has 0 saturated carbocycles. The highest BCUT2D eigenvalue weighted by atomic mass is 27.1. The molecule has 0 aromatic carbocycles. The van der Waals surface area contributed by atoms with E-state index in [-0.39, 0.29) is 15.2 Å². The van der Waals surface area contributed by atoms with E-state index in [1.165, 1.54) is 37.4 Å². The molecule has 1 rings (SSSR count). The molecular weight excluding hydrogens is 175 g/mol. The lowest BCUT2D eigenvalue weighted by Crippen LogP contribution is -2.26. The van der Waals surface area contributed by atoms with Gasteiger partial charge in [-0.3, -0.25) is 0 Å². The molecule has 0 aromatic heterocycles. The fourth-order valence-corrected chi connectivity index (χ4v) is 4.28. The minimum Gasteiger partial charge on any atom is -0.394 e. The quantitative estimate of drug-likeness (QED) is 0.617. The van der Waals surface area contributed by atoms with E-state index >= 15 is 0 Å². The highest BCUT2D eigenvalue weighted by molar-refractivity contribution is 6.37. The summed E-state index contributed by atoms with van der Waals surface area (Å²) in [5.74, 6) is 0.960. The van der Waals surface area contributed by atoms with Gasteiger partial charge in [0, 0.05) is 11.6 Å². The molecule has 0 radical (unpaired) electrons. The Labute approximate surface area is 89.0 Å². The first-order chi connectivity index (χ1) is 6.33. The molecule has 76 valence electrons. The van der Waals surface area contributed by atoms with Crippen LogP contribution >= 0.6 is 0 Å². The fraction of sp³-hybridized carbons (Fsp3) is 1.00. The van der Waals surface area contributed by atoms with Crippen molar-refractivity contribution < 1.29 is 4.74 Å².